The molecular weight excluding hydrogens is 525 g/mol. The first-order chi connectivity index (χ1) is 15.0. The molecule has 0 atom stereocenters. The highest BCUT2D eigenvalue weighted by Gasteiger charge is 2.93. The molecule has 0 aliphatic rings. The van der Waals surface area contributed by atoms with Gasteiger partial charge in [0.15, 0.2) is 0 Å². The van der Waals surface area contributed by atoms with Gasteiger partial charge >= 0.3 is 41.7 Å². The van der Waals surface area contributed by atoms with Crippen molar-refractivity contribution >= 4 is 0 Å². The Bertz CT molecular complexity index is 1030. The zero-order chi connectivity index (χ0) is 26.8. The Kier molecular flexibility index (Phi) is 6.08. The zero-order valence-corrected chi connectivity index (χ0v) is 15.2. The molecule has 0 saturated heterocycles. The lowest BCUT2D eigenvalue weighted by molar-refractivity contribution is -0.454. The molecule has 0 aliphatic heterocycles. The van der Waals surface area contributed by atoms with E-state index in [4.69, 9.17) is 5.11 Å². The second kappa shape index (κ2) is 7.56. The third kappa shape index (κ3) is 3.58. The summed E-state index contributed by atoms with van der Waals surface area (Å²) in [6.45, 7) is 0. The summed E-state index contributed by atoms with van der Waals surface area (Å²) in [6, 6.07) is 3.30. The predicted octanol–water partition coefficient (Wildman–Crippen LogP) is 6.27. The topological polar surface area (TPSA) is 59.2 Å². The molecule has 0 spiro atoms. The molecule has 1 N–H and O–H groups in total. The summed E-state index contributed by atoms with van der Waals surface area (Å²) in [5.41, 5.74) is -0.455. The van der Waals surface area contributed by atoms with Crippen molar-refractivity contribution in [2.75, 3.05) is 0 Å². The van der Waals surface area contributed by atoms with Crippen LogP contribution in [-0.4, -0.2) is 51.0 Å². The molecule has 0 bridgehead atoms. The number of aromatic nitrogens is 2. The van der Waals surface area contributed by atoms with Crippen LogP contribution in [0, 0.1) is 0 Å². The van der Waals surface area contributed by atoms with Crippen molar-refractivity contribution in [1.29, 1.82) is 0 Å². The van der Waals surface area contributed by atoms with Crippen LogP contribution in [0.3, 0.4) is 0 Å². The lowest BCUT2D eigenvalue weighted by Crippen LogP contribution is -2.72. The third-order valence-electron chi connectivity index (χ3n) is 4.15. The van der Waals surface area contributed by atoms with Crippen LogP contribution in [-0.2, 0) is 5.92 Å². The molecule has 1 aromatic heterocycles. The number of hydrogen-bond acceptors (Lipinski definition) is 4. The molecule has 0 unspecified atom stereocenters. The monoisotopic (exact) mass is 530 g/mol. The Balaban J connectivity index is 2.57. The number of hydrogen-bond donors (Lipinski definition) is 1. The summed E-state index contributed by atoms with van der Waals surface area (Å²) in [6.07, 6.45) is -7.68. The van der Waals surface area contributed by atoms with Crippen molar-refractivity contribution in [1.82, 2.24) is 10.1 Å². The Hall–Kier alpha value is -2.89. The highest BCUT2D eigenvalue weighted by molar-refractivity contribution is 5.54. The molecule has 1 aromatic carbocycles. The molecule has 34 heavy (non-hydrogen) atoms. The maximum Gasteiger partial charge on any atom is 0.460 e. The van der Waals surface area contributed by atoms with E-state index in [9.17, 15) is 65.9 Å². The van der Waals surface area contributed by atoms with Gasteiger partial charge < -0.3 is 9.63 Å². The van der Waals surface area contributed by atoms with Crippen molar-refractivity contribution in [3.05, 3.63) is 30.1 Å². The first kappa shape index (κ1) is 27.4. The highest BCUT2D eigenvalue weighted by atomic mass is 19.4. The van der Waals surface area contributed by atoms with E-state index in [1.54, 1.807) is 0 Å². The number of benzene rings is 1. The zero-order valence-electron chi connectivity index (χ0n) is 15.2. The molecular formula is C15H5F15N2O2. The van der Waals surface area contributed by atoms with E-state index in [1.165, 1.54) is 0 Å². The number of phenolic OH excluding ortho intramolecular Hbond substituents is 1. The largest absolute Gasteiger partial charge is 0.508 e. The van der Waals surface area contributed by atoms with Crippen molar-refractivity contribution in [3.63, 3.8) is 0 Å². The van der Waals surface area contributed by atoms with Crippen LogP contribution in [0.4, 0.5) is 65.9 Å². The van der Waals surface area contributed by atoms with Crippen LogP contribution in [0.25, 0.3) is 11.5 Å². The third-order valence-corrected chi connectivity index (χ3v) is 4.15. The van der Waals surface area contributed by atoms with Gasteiger partial charge in [0.1, 0.15) is 5.75 Å². The van der Waals surface area contributed by atoms with Crippen LogP contribution in [0.5, 0.6) is 5.75 Å². The average Bonchev–Trinajstić information content (AvgIpc) is 3.17. The van der Waals surface area contributed by atoms with Crippen LogP contribution >= 0.6 is 0 Å². The smallest absolute Gasteiger partial charge is 0.460 e. The minimum absolute atomic E-state index is 0.446. The standard InChI is InChI=1S/C15H5F15N2O2/c16-9(17,8-31-7(34-32-8)5-1-3-6(33)4-2-5)10(18,19)11(20,21)12(22,23)13(24,25)14(26,27)15(28,29)30/h1-4,33H. The summed E-state index contributed by atoms with van der Waals surface area (Å²) >= 11 is 0. The van der Waals surface area contributed by atoms with Crippen LogP contribution in [0.2, 0.25) is 0 Å². The van der Waals surface area contributed by atoms with Gasteiger partial charge in [-0.15, -0.1) is 0 Å². The summed E-state index contributed by atoms with van der Waals surface area (Å²) in [4.78, 5) is 2.51. The SMILES string of the molecule is Oc1ccc(-c2nc(C(F)(F)C(F)(F)C(F)(F)C(F)(F)C(F)(F)C(F)(F)C(F)(F)F)no2)cc1. The number of rotatable bonds is 7. The van der Waals surface area contributed by atoms with E-state index < -0.39 is 64.7 Å². The van der Waals surface area contributed by atoms with E-state index in [1.807, 2.05) is 0 Å². The molecule has 0 radical (unpaired) electrons. The van der Waals surface area contributed by atoms with Crippen LogP contribution in [0.15, 0.2) is 28.8 Å². The lowest BCUT2D eigenvalue weighted by atomic mass is 9.91. The lowest BCUT2D eigenvalue weighted by Gasteiger charge is -2.40. The summed E-state index contributed by atoms with van der Waals surface area (Å²) in [7, 11) is 0. The first-order valence-corrected chi connectivity index (χ1v) is 7.94. The minimum Gasteiger partial charge on any atom is -0.508 e. The number of halogens is 15. The summed E-state index contributed by atoms with van der Waals surface area (Å²) in [5.74, 6) is -52.1. The quantitative estimate of drug-likeness (QED) is 0.429. The molecule has 2 rings (SSSR count). The van der Waals surface area contributed by atoms with E-state index in [2.05, 4.69) is 14.7 Å². The molecule has 0 amide bonds. The Morgan fingerprint density at radius 2 is 1.00 bits per heavy atom. The number of phenols is 1. The van der Waals surface area contributed by atoms with E-state index in [0.29, 0.717) is 0 Å². The fourth-order valence-corrected chi connectivity index (χ4v) is 2.18. The molecule has 0 saturated carbocycles. The maximum absolute atomic E-state index is 14.0. The molecule has 19 heteroatoms. The van der Waals surface area contributed by atoms with Gasteiger partial charge in [-0.1, -0.05) is 5.16 Å². The Morgan fingerprint density at radius 3 is 1.44 bits per heavy atom. The molecule has 1 heterocycles. The molecule has 192 valence electrons. The van der Waals surface area contributed by atoms with Gasteiger partial charge in [0.25, 0.3) is 5.89 Å². The fraction of sp³-hybridized carbons (Fsp3) is 0.467. The molecule has 0 aliphatic carbocycles. The average molecular weight is 530 g/mol. The van der Waals surface area contributed by atoms with Crippen molar-refractivity contribution in [3.8, 4) is 17.2 Å². The number of nitrogens with zero attached hydrogens (tertiary/aromatic N) is 2. The van der Waals surface area contributed by atoms with Crippen molar-refractivity contribution < 1.29 is 75.5 Å². The molecule has 2 aromatic rings. The minimum atomic E-state index is -8.41. The van der Waals surface area contributed by atoms with Crippen LogP contribution in [0.1, 0.15) is 5.82 Å². The van der Waals surface area contributed by atoms with Gasteiger partial charge in [0, 0.05) is 5.56 Å². The van der Waals surface area contributed by atoms with Gasteiger partial charge in [-0.2, -0.15) is 70.8 Å². The highest BCUT2D eigenvalue weighted by Crippen LogP contribution is 2.63. The fourth-order valence-electron chi connectivity index (χ4n) is 2.18. The number of aromatic hydroxyl groups is 1. The van der Waals surface area contributed by atoms with Gasteiger partial charge in [0.05, 0.1) is 0 Å². The van der Waals surface area contributed by atoms with E-state index in [0.717, 1.165) is 24.3 Å². The normalized spacial score (nSPS) is 15.0. The predicted molar refractivity (Wildman–Crippen MR) is 76.1 cm³/mol. The second-order valence-electron chi connectivity index (χ2n) is 6.41. The first-order valence-electron chi connectivity index (χ1n) is 7.94. The van der Waals surface area contributed by atoms with Gasteiger partial charge in [0.2, 0.25) is 5.82 Å². The maximum atomic E-state index is 14.0. The summed E-state index contributed by atoms with van der Waals surface area (Å²) < 4.78 is 202. The van der Waals surface area contributed by atoms with Crippen LogP contribution < -0.4 is 0 Å². The molecule has 4 nitrogen and oxygen atoms in total. The molecule has 0 fully saturated rings. The van der Waals surface area contributed by atoms with E-state index >= 15 is 0 Å². The summed E-state index contributed by atoms with van der Waals surface area (Å²) in [5, 5.41) is 11.2. The Labute approximate surface area is 176 Å². The van der Waals surface area contributed by atoms with Crippen molar-refractivity contribution in [2.24, 2.45) is 0 Å². The van der Waals surface area contributed by atoms with Gasteiger partial charge in [-0.05, 0) is 24.3 Å². The van der Waals surface area contributed by atoms with E-state index in [-0.39, 0.29) is 0 Å². The van der Waals surface area contributed by atoms with Gasteiger partial charge in [-0.3, -0.25) is 0 Å². The van der Waals surface area contributed by atoms with Crippen molar-refractivity contribution in [2.45, 2.75) is 41.7 Å². The van der Waals surface area contributed by atoms with Gasteiger partial charge in [-0.25, -0.2) is 0 Å². The second-order valence-corrected chi connectivity index (χ2v) is 6.41. The number of alkyl halides is 15. The Morgan fingerprint density at radius 1 is 0.588 bits per heavy atom.